The molecule has 0 saturated carbocycles. The first kappa shape index (κ1) is 21.9. The molecule has 0 spiro atoms. The number of ketones is 2. The molecular formula is C25H30N2O3. The Morgan fingerprint density at radius 2 is 1.47 bits per heavy atom. The summed E-state index contributed by atoms with van der Waals surface area (Å²) in [7, 11) is 1.63. The zero-order valence-electron chi connectivity index (χ0n) is 18.8. The van der Waals surface area contributed by atoms with E-state index in [9.17, 15) is 9.59 Å². The molecule has 158 valence electrons. The molecule has 0 bridgehead atoms. The molecule has 0 amide bonds. The van der Waals surface area contributed by atoms with Crippen LogP contribution >= 0.6 is 0 Å². The summed E-state index contributed by atoms with van der Waals surface area (Å²) in [6.45, 7) is 10.2. The summed E-state index contributed by atoms with van der Waals surface area (Å²) in [4.78, 5) is 34.3. The van der Waals surface area contributed by atoms with Gasteiger partial charge in [0.1, 0.15) is 22.8 Å². The second-order valence-electron chi connectivity index (χ2n) is 8.37. The predicted octanol–water partition coefficient (Wildman–Crippen LogP) is 6.11. The third-order valence-electron chi connectivity index (χ3n) is 5.84. The summed E-state index contributed by atoms with van der Waals surface area (Å²) >= 11 is 0. The Morgan fingerprint density at radius 1 is 0.933 bits per heavy atom. The first-order valence-corrected chi connectivity index (χ1v) is 10.6. The molecule has 0 N–H and O–H groups in total. The van der Waals surface area contributed by atoms with Crippen molar-refractivity contribution in [3.05, 3.63) is 41.2 Å². The minimum Gasteiger partial charge on any atom is -0.494 e. The lowest BCUT2D eigenvalue weighted by molar-refractivity contribution is 0.0973. The van der Waals surface area contributed by atoms with Gasteiger partial charge in [0, 0.05) is 24.0 Å². The number of methoxy groups -OCH3 is 1. The van der Waals surface area contributed by atoms with Gasteiger partial charge in [0.2, 0.25) is 0 Å². The summed E-state index contributed by atoms with van der Waals surface area (Å²) in [6.07, 6.45) is 2.29. The molecule has 5 heteroatoms. The summed E-state index contributed by atoms with van der Waals surface area (Å²) in [5.74, 6) is 0.599. The Balaban J connectivity index is 2.19. The van der Waals surface area contributed by atoms with E-state index < -0.39 is 0 Å². The summed E-state index contributed by atoms with van der Waals surface area (Å²) in [6, 6.07) is 7.60. The van der Waals surface area contributed by atoms with Crippen LogP contribution in [0.15, 0.2) is 29.3 Å². The lowest BCUT2D eigenvalue weighted by atomic mass is 9.81. The molecule has 0 atom stereocenters. The molecule has 0 fully saturated rings. The molecule has 2 aromatic rings. The number of aromatic nitrogens is 1. The van der Waals surface area contributed by atoms with Gasteiger partial charge in [-0.15, -0.1) is 0 Å². The number of Topliss-reactive ketones (excluding diaryl/α,β-unsaturated/α-hetero) is 2. The van der Waals surface area contributed by atoms with Crippen molar-refractivity contribution in [3.63, 3.8) is 0 Å². The number of pyridine rings is 1. The van der Waals surface area contributed by atoms with Crippen LogP contribution in [0.3, 0.4) is 0 Å². The Kier molecular flexibility index (Phi) is 6.20. The second kappa shape index (κ2) is 8.50. The van der Waals surface area contributed by atoms with Gasteiger partial charge < -0.3 is 4.74 Å². The number of rotatable bonds is 8. The molecule has 1 aromatic carbocycles. The van der Waals surface area contributed by atoms with Crippen LogP contribution in [0.25, 0.3) is 11.1 Å². The Bertz CT molecular complexity index is 999. The molecular weight excluding hydrogens is 376 g/mol. The summed E-state index contributed by atoms with van der Waals surface area (Å²) < 4.78 is 5.64. The van der Waals surface area contributed by atoms with E-state index in [0.717, 1.165) is 40.9 Å². The quantitative estimate of drug-likeness (QED) is 0.496. The van der Waals surface area contributed by atoms with E-state index in [1.54, 1.807) is 19.2 Å². The van der Waals surface area contributed by atoms with Crippen molar-refractivity contribution < 1.29 is 14.3 Å². The molecule has 3 rings (SSSR count). The highest BCUT2D eigenvalue weighted by Gasteiger charge is 2.34. The SMILES string of the molecule is CCCC(=O)c1cc(-c2cc(OC)c3c(c2)C(C)(C)C(C)=N3)cc(C(=O)CCC)n1. The molecule has 0 unspecified atom stereocenters. The van der Waals surface area contributed by atoms with Crippen molar-refractivity contribution in [1.82, 2.24) is 4.98 Å². The first-order chi connectivity index (χ1) is 14.2. The highest BCUT2D eigenvalue weighted by Crippen LogP contribution is 2.47. The number of hydrogen-bond donors (Lipinski definition) is 0. The van der Waals surface area contributed by atoms with Crippen molar-refractivity contribution in [2.75, 3.05) is 7.11 Å². The number of carbonyl (C=O) groups excluding carboxylic acids is 2. The minimum absolute atomic E-state index is 0.0440. The van der Waals surface area contributed by atoms with Crippen LogP contribution in [-0.2, 0) is 5.41 Å². The lowest BCUT2D eigenvalue weighted by Crippen LogP contribution is -2.22. The second-order valence-corrected chi connectivity index (χ2v) is 8.37. The molecule has 0 saturated heterocycles. The van der Waals surface area contributed by atoms with Crippen molar-refractivity contribution in [3.8, 4) is 16.9 Å². The third kappa shape index (κ3) is 3.93. The number of benzene rings is 1. The molecule has 0 radical (unpaired) electrons. The fourth-order valence-electron chi connectivity index (χ4n) is 3.72. The Hall–Kier alpha value is -2.82. The maximum absolute atomic E-state index is 12.6. The van der Waals surface area contributed by atoms with Crippen LogP contribution in [0.4, 0.5) is 5.69 Å². The zero-order chi connectivity index (χ0) is 22.1. The van der Waals surface area contributed by atoms with Crippen molar-refractivity contribution >= 4 is 23.0 Å². The average molecular weight is 407 g/mol. The van der Waals surface area contributed by atoms with Crippen LogP contribution < -0.4 is 4.74 Å². The highest BCUT2D eigenvalue weighted by molar-refractivity contribution is 6.02. The maximum Gasteiger partial charge on any atom is 0.181 e. The largest absolute Gasteiger partial charge is 0.494 e. The molecule has 1 aliphatic heterocycles. The van der Waals surface area contributed by atoms with Gasteiger partial charge in [-0.2, -0.15) is 0 Å². The van der Waals surface area contributed by atoms with Crippen LogP contribution in [0, 0.1) is 0 Å². The Labute approximate surface area is 178 Å². The van der Waals surface area contributed by atoms with E-state index in [1.807, 2.05) is 26.8 Å². The van der Waals surface area contributed by atoms with Gasteiger partial charge in [-0.25, -0.2) is 4.98 Å². The molecule has 1 aromatic heterocycles. The number of nitrogens with zero attached hydrogens (tertiary/aromatic N) is 2. The molecule has 1 aliphatic rings. The minimum atomic E-state index is -0.215. The number of carbonyl (C=O) groups is 2. The van der Waals surface area contributed by atoms with E-state index in [1.165, 1.54) is 0 Å². The van der Waals surface area contributed by atoms with Gasteiger partial charge in [-0.05, 0) is 60.7 Å². The summed E-state index contributed by atoms with van der Waals surface area (Å²) in [5.41, 5.74) is 5.12. The smallest absolute Gasteiger partial charge is 0.181 e. The fraction of sp³-hybridized carbons (Fsp3) is 0.440. The van der Waals surface area contributed by atoms with Crippen LogP contribution in [0.2, 0.25) is 0 Å². The standard InChI is InChI=1S/C25H30N2O3/c1-7-9-21(28)19-12-17(13-20(27-19)22(29)10-8-2)16-11-18-24(23(14-16)30-6)26-15(3)25(18,4)5/h11-14H,7-10H2,1-6H3. The molecule has 30 heavy (non-hydrogen) atoms. The molecule has 5 nitrogen and oxygen atoms in total. The first-order valence-electron chi connectivity index (χ1n) is 10.6. The van der Waals surface area contributed by atoms with Crippen molar-refractivity contribution in [1.29, 1.82) is 0 Å². The van der Waals surface area contributed by atoms with Gasteiger partial charge >= 0.3 is 0 Å². The van der Waals surface area contributed by atoms with Crippen molar-refractivity contribution in [2.24, 2.45) is 4.99 Å². The molecule has 0 aliphatic carbocycles. The average Bonchev–Trinajstić information content (AvgIpc) is 2.96. The van der Waals surface area contributed by atoms with Crippen molar-refractivity contribution in [2.45, 2.75) is 65.7 Å². The number of fused-ring (bicyclic) bond motifs is 1. The normalized spacial score (nSPS) is 14.3. The fourth-order valence-corrected chi connectivity index (χ4v) is 3.72. The van der Waals surface area contributed by atoms with E-state index in [-0.39, 0.29) is 17.0 Å². The number of ether oxygens (including phenoxy) is 1. The van der Waals surface area contributed by atoms with E-state index >= 15 is 0 Å². The van der Waals surface area contributed by atoms with Crippen LogP contribution in [0.5, 0.6) is 5.75 Å². The highest BCUT2D eigenvalue weighted by atomic mass is 16.5. The lowest BCUT2D eigenvalue weighted by Gasteiger charge is -2.21. The van der Waals surface area contributed by atoms with Crippen LogP contribution in [-0.4, -0.2) is 29.4 Å². The summed E-state index contributed by atoms with van der Waals surface area (Å²) in [5, 5.41) is 0. The predicted molar refractivity (Wildman–Crippen MR) is 120 cm³/mol. The van der Waals surface area contributed by atoms with Gasteiger partial charge in [0.25, 0.3) is 0 Å². The molecule has 2 heterocycles. The van der Waals surface area contributed by atoms with Gasteiger partial charge in [0.15, 0.2) is 11.6 Å². The van der Waals surface area contributed by atoms with E-state index in [0.29, 0.717) is 30.0 Å². The third-order valence-corrected chi connectivity index (χ3v) is 5.84. The van der Waals surface area contributed by atoms with Gasteiger partial charge in [-0.1, -0.05) is 27.7 Å². The van der Waals surface area contributed by atoms with E-state index in [2.05, 4.69) is 24.9 Å². The number of hydrogen-bond acceptors (Lipinski definition) is 5. The van der Waals surface area contributed by atoms with Gasteiger partial charge in [0.05, 0.1) is 7.11 Å². The Morgan fingerprint density at radius 3 is 1.97 bits per heavy atom. The van der Waals surface area contributed by atoms with Gasteiger partial charge in [-0.3, -0.25) is 14.6 Å². The topological polar surface area (TPSA) is 68.6 Å². The van der Waals surface area contributed by atoms with Crippen LogP contribution in [0.1, 0.15) is 86.8 Å². The van der Waals surface area contributed by atoms with E-state index in [4.69, 9.17) is 9.73 Å². The zero-order valence-corrected chi connectivity index (χ0v) is 18.8. The maximum atomic E-state index is 12.6. The number of aliphatic imine (C=N–C) groups is 1. The monoisotopic (exact) mass is 406 g/mol.